The summed E-state index contributed by atoms with van der Waals surface area (Å²) >= 11 is 0. The van der Waals surface area contributed by atoms with Crippen LogP contribution in [0, 0.1) is 17.2 Å². The number of nitriles is 1. The number of ether oxygens (including phenoxy) is 1. The van der Waals surface area contributed by atoms with Gasteiger partial charge in [0.1, 0.15) is 12.1 Å². The van der Waals surface area contributed by atoms with Gasteiger partial charge in [0.05, 0.1) is 0 Å². The molecule has 1 atom stereocenters. The second-order valence-electron chi connectivity index (χ2n) is 3.88. The van der Waals surface area contributed by atoms with Crippen molar-refractivity contribution in [2.24, 2.45) is 5.92 Å². The number of hydrogen-bond donors (Lipinski definition) is 1. The van der Waals surface area contributed by atoms with Crippen molar-refractivity contribution in [1.82, 2.24) is 5.32 Å². The molecule has 5 nitrogen and oxygen atoms in total. The molecule has 0 aliphatic carbocycles. The van der Waals surface area contributed by atoms with Crippen molar-refractivity contribution in [2.75, 3.05) is 6.61 Å². The molecule has 94 valence electrons. The SMILES string of the molecule is C=CCCC(=O)N[C@@H](C(C)C)[13C](=O)OCC#N. The van der Waals surface area contributed by atoms with Crippen molar-refractivity contribution < 1.29 is 14.3 Å². The van der Waals surface area contributed by atoms with Crippen molar-refractivity contribution >= 4 is 11.9 Å². The third-order valence-corrected chi connectivity index (χ3v) is 2.09. The molecule has 0 saturated heterocycles. The van der Waals surface area contributed by atoms with Crippen molar-refractivity contribution in [3.8, 4) is 6.07 Å². The highest BCUT2D eigenvalue weighted by Crippen LogP contribution is 2.05. The monoisotopic (exact) mass is 239 g/mol. The first kappa shape index (κ1) is 15.2. The number of carbonyl (C=O) groups excluding carboxylic acids is 2. The highest BCUT2D eigenvalue weighted by Gasteiger charge is 2.25. The molecular formula is C12H18N2O3. The minimum atomic E-state index is -0.708. The number of hydrogen-bond acceptors (Lipinski definition) is 4. The largest absolute Gasteiger partial charge is 0.449 e. The number of esters is 1. The molecule has 0 bridgehead atoms. The normalized spacial score (nSPS) is 11.4. The molecule has 0 aromatic rings. The highest BCUT2D eigenvalue weighted by atomic mass is 16.6. The Morgan fingerprint density at radius 2 is 2.18 bits per heavy atom. The zero-order valence-electron chi connectivity index (χ0n) is 10.2. The minimum absolute atomic E-state index is 0.0890. The Morgan fingerprint density at radius 1 is 1.53 bits per heavy atom. The average Bonchev–Trinajstić information content (AvgIpc) is 2.29. The summed E-state index contributed by atoms with van der Waals surface area (Å²) < 4.78 is 4.69. The zero-order chi connectivity index (χ0) is 13.3. The molecule has 0 aliphatic rings. The van der Waals surface area contributed by atoms with Crippen LogP contribution in [0.15, 0.2) is 12.7 Å². The van der Waals surface area contributed by atoms with E-state index < -0.39 is 12.0 Å². The standard InChI is InChI=1S/C12H18N2O3/c1-4-5-6-10(15)14-11(9(2)3)12(16)17-8-7-13/h4,9,11H,1,5-6,8H2,2-3H3,(H,14,15)/t11-/m0/s1/i12+1. The molecule has 17 heavy (non-hydrogen) atoms. The van der Waals surface area contributed by atoms with Crippen molar-refractivity contribution in [3.05, 3.63) is 12.7 Å². The van der Waals surface area contributed by atoms with Gasteiger partial charge < -0.3 is 10.1 Å². The van der Waals surface area contributed by atoms with E-state index in [0.717, 1.165) is 0 Å². The van der Waals surface area contributed by atoms with E-state index in [-0.39, 0.29) is 24.9 Å². The summed E-state index contributed by atoms with van der Waals surface area (Å²) in [5.74, 6) is -0.889. The van der Waals surface area contributed by atoms with Crippen LogP contribution in [0.25, 0.3) is 0 Å². The summed E-state index contributed by atoms with van der Waals surface area (Å²) in [4.78, 5) is 23.0. The summed E-state index contributed by atoms with van der Waals surface area (Å²) in [6.45, 7) is 6.81. The lowest BCUT2D eigenvalue weighted by atomic mass is 10.1. The number of allylic oxidation sites excluding steroid dienone is 1. The third kappa shape index (κ3) is 6.36. The Balaban J connectivity index is 4.33. The first-order valence-electron chi connectivity index (χ1n) is 5.46. The molecule has 1 amide bonds. The quantitative estimate of drug-likeness (QED) is 0.411. The maximum absolute atomic E-state index is 11.5. The van der Waals surface area contributed by atoms with E-state index in [0.29, 0.717) is 6.42 Å². The van der Waals surface area contributed by atoms with Crippen LogP contribution in [-0.2, 0) is 14.3 Å². The highest BCUT2D eigenvalue weighted by molar-refractivity contribution is 5.84. The van der Waals surface area contributed by atoms with E-state index in [2.05, 4.69) is 16.6 Å². The molecule has 0 heterocycles. The summed E-state index contributed by atoms with van der Waals surface area (Å²) in [6, 6.07) is 1.00. The van der Waals surface area contributed by atoms with Crippen LogP contribution in [0.2, 0.25) is 0 Å². The molecule has 0 rings (SSSR count). The van der Waals surface area contributed by atoms with Gasteiger partial charge in [-0.05, 0) is 12.3 Å². The summed E-state index contributed by atoms with van der Waals surface area (Å²) in [7, 11) is 0. The maximum atomic E-state index is 11.5. The van der Waals surface area contributed by atoms with E-state index in [4.69, 9.17) is 5.26 Å². The fourth-order valence-corrected chi connectivity index (χ4v) is 1.17. The second kappa shape index (κ2) is 8.34. The lowest BCUT2D eigenvalue weighted by Crippen LogP contribution is -2.45. The van der Waals surface area contributed by atoms with E-state index in [1.165, 1.54) is 0 Å². The molecule has 0 saturated carbocycles. The maximum Gasteiger partial charge on any atom is 0.329 e. The summed E-state index contributed by atoms with van der Waals surface area (Å²) in [5, 5.41) is 10.9. The first-order valence-corrected chi connectivity index (χ1v) is 5.46. The second-order valence-corrected chi connectivity index (χ2v) is 3.88. The molecule has 5 heteroatoms. The van der Waals surface area contributed by atoms with Gasteiger partial charge in [0.25, 0.3) is 0 Å². The molecule has 0 spiro atoms. The Bertz CT molecular complexity index is 318. The summed E-state index contributed by atoms with van der Waals surface area (Å²) in [6.07, 6.45) is 2.49. The fourth-order valence-electron chi connectivity index (χ4n) is 1.17. The molecular weight excluding hydrogens is 221 g/mol. The molecule has 0 unspecified atom stereocenters. The topological polar surface area (TPSA) is 79.2 Å². The van der Waals surface area contributed by atoms with Gasteiger partial charge in [-0.1, -0.05) is 19.9 Å². The molecule has 0 fully saturated rings. The molecule has 1 N–H and O–H groups in total. The van der Waals surface area contributed by atoms with Crippen molar-refractivity contribution in [3.63, 3.8) is 0 Å². The smallest absolute Gasteiger partial charge is 0.329 e. The van der Waals surface area contributed by atoms with Crippen LogP contribution in [0.3, 0.4) is 0 Å². The Labute approximate surface area is 101 Å². The fraction of sp³-hybridized carbons (Fsp3) is 0.583. The van der Waals surface area contributed by atoms with E-state index >= 15 is 0 Å². The van der Waals surface area contributed by atoms with Crippen LogP contribution in [0.4, 0.5) is 0 Å². The van der Waals surface area contributed by atoms with Gasteiger partial charge in [0.15, 0.2) is 6.61 Å². The number of amides is 1. The number of rotatable bonds is 7. The lowest BCUT2D eigenvalue weighted by Gasteiger charge is -2.19. The van der Waals surface area contributed by atoms with Gasteiger partial charge in [-0.2, -0.15) is 5.26 Å². The van der Waals surface area contributed by atoms with Crippen molar-refractivity contribution in [2.45, 2.75) is 32.7 Å². The average molecular weight is 239 g/mol. The number of nitrogens with zero attached hydrogens (tertiary/aromatic N) is 1. The van der Waals surface area contributed by atoms with Crippen molar-refractivity contribution in [1.29, 1.82) is 5.26 Å². The Morgan fingerprint density at radius 3 is 2.65 bits per heavy atom. The van der Waals surface area contributed by atoms with Crippen LogP contribution in [0.1, 0.15) is 26.7 Å². The first-order chi connectivity index (χ1) is 8.02. The number of carbonyl (C=O) groups is 2. The lowest BCUT2D eigenvalue weighted by molar-refractivity contribution is -0.147. The van der Waals surface area contributed by atoms with Gasteiger partial charge >= 0.3 is 5.97 Å². The zero-order valence-corrected chi connectivity index (χ0v) is 10.2. The van der Waals surface area contributed by atoms with E-state index in [1.54, 1.807) is 26.0 Å². The van der Waals surface area contributed by atoms with Gasteiger partial charge in [0, 0.05) is 6.42 Å². The molecule has 0 aliphatic heterocycles. The van der Waals surface area contributed by atoms with Crippen LogP contribution in [0.5, 0.6) is 0 Å². The van der Waals surface area contributed by atoms with E-state index in [1.807, 2.05) is 0 Å². The Kier molecular flexibility index (Phi) is 7.44. The van der Waals surface area contributed by atoms with Crippen LogP contribution < -0.4 is 5.32 Å². The third-order valence-electron chi connectivity index (χ3n) is 2.09. The molecule has 0 aromatic heterocycles. The van der Waals surface area contributed by atoms with Crippen LogP contribution >= 0.6 is 0 Å². The predicted molar refractivity (Wildman–Crippen MR) is 62.8 cm³/mol. The van der Waals surface area contributed by atoms with Gasteiger partial charge in [-0.25, -0.2) is 4.79 Å². The minimum Gasteiger partial charge on any atom is -0.449 e. The predicted octanol–water partition coefficient (Wildman–Crippen LogP) is 1.16. The van der Waals surface area contributed by atoms with Gasteiger partial charge in [-0.3, -0.25) is 4.79 Å². The molecule has 0 aromatic carbocycles. The van der Waals surface area contributed by atoms with Gasteiger partial charge in [-0.15, -0.1) is 6.58 Å². The summed E-state index contributed by atoms with van der Waals surface area (Å²) in [5.41, 5.74) is 0. The number of nitrogens with one attached hydrogen (secondary N) is 1. The van der Waals surface area contributed by atoms with Crippen LogP contribution in [-0.4, -0.2) is 24.5 Å². The van der Waals surface area contributed by atoms with Gasteiger partial charge in [0.2, 0.25) is 5.91 Å². The Hall–Kier alpha value is -1.83. The molecule has 0 radical (unpaired) electrons. The van der Waals surface area contributed by atoms with E-state index in [9.17, 15) is 9.59 Å².